The van der Waals surface area contributed by atoms with E-state index in [1.54, 1.807) is 16.8 Å². The van der Waals surface area contributed by atoms with Gasteiger partial charge in [0.05, 0.1) is 10.9 Å². The normalized spacial score (nSPS) is 15.4. The van der Waals surface area contributed by atoms with Gasteiger partial charge in [0.2, 0.25) is 5.16 Å². The number of tetrazole rings is 1. The minimum Gasteiger partial charge on any atom is -0.398 e. The minimum atomic E-state index is -3.25. The first kappa shape index (κ1) is 13.4. The smallest absolute Gasteiger partial charge is 0.214 e. The molecule has 1 fully saturated rings. The number of anilines is 1. The lowest BCUT2D eigenvalue weighted by Crippen LogP contribution is -2.01. The summed E-state index contributed by atoms with van der Waals surface area (Å²) in [6.45, 7) is 0. The summed E-state index contributed by atoms with van der Waals surface area (Å²) >= 11 is 1.34. The van der Waals surface area contributed by atoms with Crippen LogP contribution in [0.5, 0.6) is 0 Å². The predicted molar refractivity (Wildman–Crippen MR) is 74.2 cm³/mol. The molecular weight excluding hydrogens is 298 g/mol. The van der Waals surface area contributed by atoms with Crippen molar-refractivity contribution >= 4 is 27.3 Å². The fraction of sp³-hybridized carbons (Fsp3) is 0.364. The Morgan fingerprint density at radius 2 is 2.15 bits per heavy atom. The molecule has 0 radical (unpaired) electrons. The van der Waals surface area contributed by atoms with E-state index in [-0.39, 0.29) is 4.90 Å². The molecule has 0 amide bonds. The molecule has 7 nitrogen and oxygen atoms in total. The molecule has 106 valence electrons. The molecule has 0 spiro atoms. The van der Waals surface area contributed by atoms with Crippen molar-refractivity contribution in [2.75, 3.05) is 12.0 Å². The van der Waals surface area contributed by atoms with Crippen LogP contribution in [0.3, 0.4) is 0 Å². The van der Waals surface area contributed by atoms with Gasteiger partial charge in [-0.1, -0.05) is 0 Å². The van der Waals surface area contributed by atoms with Crippen LogP contribution < -0.4 is 5.73 Å². The number of benzene rings is 1. The molecule has 1 heterocycles. The molecule has 1 saturated carbocycles. The second kappa shape index (κ2) is 4.74. The molecule has 0 bridgehead atoms. The first-order valence-corrected chi connectivity index (χ1v) is 8.71. The molecule has 0 saturated heterocycles. The van der Waals surface area contributed by atoms with Crippen molar-refractivity contribution in [3.05, 3.63) is 18.2 Å². The van der Waals surface area contributed by atoms with Crippen molar-refractivity contribution < 1.29 is 8.42 Å². The standard InChI is InChI=1S/C11H13N5O2S2/c1-20(17,18)8-4-5-10(9(12)6-8)19-11-13-14-15-16(11)7-2-3-7/h4-7H,2-3,12H2,1H3. The third-order valence-electron chi connectivity index (χ3n) is 2.97. The number of nitrogen functional groups attached to an aromatic ring is 1. The van der Waals surface area contributed by atoms with Crippen molar-refractivity contribution in [1.29, 1.82) is 0 Å². The van der Waals surface area contributed by atoms with Crippen LogP contribution >= 0.6 is 11.8 Å². The Bertz CT molecular complexity index is 752. The average Bonchev–Trinajstić information content (AvgIpc) is 3.11. The van der Waals surface area contributed by atoms with Crippen molar-refractivity contribution in [2.45, 2.75) is 33.8 Å². The van der Waals surface area contributed by atoms with Crippen LogP contribution in [0.2, 0.25) is 0 Å². The number of sulfone groups is 1. The monoisotopic (exact) mass is 311 g/mol. The molecule has 1 aliphatic rings. The third kappa shape index (κ3) is 2.63. The van der Waals surface area contributed by atoms with Gasteiger partial charge in [-0.3, -0.25) is 0 Å². The first-order chi connectivity index (χ1) is 9.45. The molecule has 2 N–H and O–H groups in total. The molecule has 1 aromatic heterocycles. The molecule has 1 aliphatic carbocycles. The fourth-order valence-corrected chi connectivity index (χ4v) is 3.27. The lowest BCUT2D eigenvalue weighted by molar-refractivity contribution is 0.565. The van der Waals surface area contributed by atoms with Gasteiger partial charge in [-0.2, -0.15) is 0 Å². The van der Waals surface area contributed by atoms with E-state index in [2.05, 4.69) is 15.5 Å². The summed E-state index contributed by atoms with van der Waals surface area (Å²) in [5, 5.41) is 12.3. The molecule has 20 heavy (non-hydrogen) atoms. The van der Waals surface area contributed by atoms with Crippen LogP contribution in [-0.4, -0.2) is 34.9 Å². The Labute approximate surface area is 120 Å². The molecule has 0 atom stereocenters. The highest BCUT2D eigenvalue weighted by Crippen LogP contribution is 2.39. The SMILES string of the molecule is CS(=O)(=O)c1ccc(Sc2nnnn2C2CC2)c(N)c1. The Morgan fingerprint density at radius 1 is 1.40 bits per heavy atom. The van der Waals surface area contributed by atoms with E-state index in [0.717, 1.165) is 24.0 Å². The average molecular weight is 311 g/mol. The summed E-state index contributed by atoms with van der Waals surface area (Å²) in [4.78, 5) is 0.954. The number of nitrogens with zero attached hydrogens (tertiary/aromatic N) is 4. The van der Waals surface area contributed by atoms with Crippen molar-refractivity contribution in [3.63, 3.8) is 0 Å². The number of aromatic nitrogens is 4. The third-order valence-corrected chi connectivity index (χ3v) is 5.12. The Hall–Kier alpha value is -1.61. The maximum absolute atomic E-state index is 11.5. The van der Waals surface area contributed by atoms with Crippen molar-refractivity contribution in [3.8, 4) is 0 Å². The second-order valence-corrected chi connectivity index (χ2v) is 7.74. The summed E-state index contributed by atoms with van der Waals surface area (Å²) in [6, 6.07) is 5.06. The van der Waals surface area contributed by atoms with Crippen LogP contribution in [0.15, 0.2) is 33.1 Å². The van der Waals surface area contributed by atoms with Gasteiger partial charge in [0.25, 0.3) is 0 Å². The molecule has 0 aliphatic heterocycles. The zero-order valence-electron chi connectivity index (χ0n) is 10.7. The van der Waals surface area contributed by atoms with Crippen LogP contribution in [0, 0.1) is 0 Å². The molecule has 0 unspecified atom stereocenters. The van der Waals surface area contributed by atoms with Gasteiger partial charge in [0.15, 0.2) is 9.84 Å². The summed E-state index contributed by atoms with van der Waals surface area (Å²) < 4.78 is 24.7. The van der Waals surface area contributed by atoms with Gasteiger partial charge in [-0.25, -0.2) is 13.1 Å². The Balaban J connectivity index is 1.89. The van der Waals surface area contributed by atoms with Crippen LogP contribution in [0.1, 0.15) is 18.9 Å². The fourth-order valence-electron chi connectivity index (χ4n) is 1.75. The van der Waals surface area contributed by atoms with E-state index in [1.165, 1.54) is 17.8 Å². The summed E-state index contributed by atoms with van der Waals surface area (Å²) in [5.41, 5.74) is 6.32. The Morgan fingerprint density at radius 3 is 2.75 bits per heavy atom. The first-order valence-electron chi connectivity index (χ1n) is 6.00. The molecular formula is C11H13N5O2S2. The van der Waals surface area contributed by atoms with Crippen molar-refractivity contribution in [2.24, 2.45) is 0 Å². The van der Waals surface area contributed by atoms with Crippen LogP contribution in [0.4, 0.5) is 5.69 Å². The van der Waals surface area contributed by atoms with E-state index in [4.69, 9.17) is 5.73 Å². The largest absolute Gasteiger partial charge is 0.398 e. The number of nitrogens with two attached hydrogens (primary N) is 1. The zero-order chi connectivity index (χ0) is 14.3. The van der Waals surface area contributed by atoms with Gasteiger partial charge in [-0.05, 0) is 53.2 Å². The highest BCUT2D eigenvalue weighted by Gasteiger charge is 2.28. The van der Waals surface area contributed by atoms with Gasteiger partial charge in [0, 0.05) is 16.8 Å². The number of hydrogen-bond acceptors (Lipinski definition) is 7. The van der Waals surface area contributed by atoms with E-state index >= 15 is 0 Å². The van der Waals surface area contributed by atoms with E-state index in [1.807, 2.05) is 0 Å². The quantitative estimate of drug-likeness (QED) is 0.844. The summed E-state index contributed by atoms with van der Waals surface area (Å²) in [6.07, 6.45) is 3.32. The highest BCUT2D eigenvalue weighted by atomic mass is 32.2. The molecule has 3 rings (SSSR count). The molecule has 2 aromatic rings. The zero-order valence-corrected chi connectivity index (χ0v) is 12.4. The number of rotatable bonds is 4. The van der Waals surface area contributed by atoms with Gasteiger partial charge < -0.3 is 5.73 Å². The van der Waals surface area contributed by atoms with Gasteiger partial charge in [0.1, 0.15) is 0 Å². The van der Waals surface area contributed by atoms with Gasteiger partial charge in [-0.15, -0.1) is 5.10 Å². The summed E-state index contributed by atoms with van der Waals surface area (Å²) in [5.74, 6) is 0. The molecule has 9 heteroatoms. The highest BCUT2D eigenvalue weighted by molar-refractivity contribution is 7.99. The van der Waals surface area contributed by atoms with E-state index < -0.39 is 9.84 Å². The van der Waals surface area contributed by atoms with E-state index in [9.17, 15) is 8.42 Å². The van der Waals surface area contributed by atoms with E-state index in [0.29, 0.717) is 16.9 Å². The van der Waals surface area contributed by atoms with Gasteiger partial charge >= 0.3 is 0 Å². The maximum Gasteiger partial charge on any atom is 0.214 e. The second-order valence-electron chi connectivity index (χ2n) is 4.71. The minimum absolute atomic E-state index is 0.209. The van der Waals surface area contributed by atoms with Crippen LogP contribution in [-0.2, 0) is 9.84 Å². The topological polar surface area (TPSA) is 104 Å². The van der Waals surface area contributed by atoms with Crippen molar-refractivity contribution in [1.82, 2.24) is 20.2 Å². The summed E-state index contributed by atoms with van der Waals surface area (Å²) in [7, 11) is -3.25. The molecule has 1 aromatic carbocycles. The predicted octanol–water partition coefficient (Wildman–Crippen LogP) is 1.14. The lowest BCUT2D eigenvalue weighted by Gasteiger charge is -2.07. The Kier molecular flexibility index (Phi) is 3.17. The number of hydrogen-bond donors (Lipinski definition) is 1. The van der Waals surface area contributed by atoms with Crippen LogP contribution in [0.25, 0.3) is 0 Å². The lowest BCUT2D eigenvalue weighted by atomic mass is 10.3. The maximum atomic E-state index is 11.5.